The predicted octanol–water partition coefficient (Wildman–Crippen LogP) is 3.20. The molecule has 0 aromatic carbocycles. The van der Waals surface area contributed by atoms with Gasteiger partial charge >= 0.3 is 0 Å². The fourth-order valence-electron chi connectivity index (χ4n) is 1.48. The van der Waals surface area contributed by atoms with Crippen LogP contribution in [0.2, 0.25) is 0 Å². The molecule has 0 saturated carbocycles. The van der Waals surface area contributed by atoms with Gasteiger partial charge in [-0.05, 0) is 19.3 Å². The van der Waals surface area contributed by atoms with E-state index in [1.165, 1.54) is 19.3 Å². The Labute approximate surface area is 77.9 Å². The molecule has 1 nitrogen and oxygen atoms in total. The van der Waals surface area contributed by atoms with Crippen LogP contribution in [-0.4, -0.2) is 12.1 Å². The normalized spacial score (nSPS) is 14.2. The van der Waals surface area contributed by atoms with Crippen molar-refractivity contribution in [1.29, 1.82) is 0 Å². The topological polar surface area (TPSA) is 12.0 Å². The van der Waals surface area contributed by atoms with E-state index in [4.69, 9.17) is 0 Å². The van der Waals surface area contributed by atoms with Gasteiger partial charge in [0, 0.05) is 12.1 Å². The molecule has 1 heteroatoms. The summed E-state index contributed by atoms with van der Waals surface area (Å²) in [6.45, 7) is 11.3. The molecule has 0 aliphatic rings. The van der Waals surface area contributed by atoms with Crippen molar-refractivity contribution in [2.75, 3.05) is 0 Å². The highest BCUT2D eigenvalue weighted by atomic mass is 14.9. The van der Waals surface area contributed by atoms with Crippen molar-refractivity contribution in [3.05, 3.63) is 0 Å². The molecule has 0 bridgehead atoms. The summed E-state index contributed by atoms with van der Waals surface area (Å²) in [6.07, 6.45) is 4.04. The summed E-state index contributed by atoms with van der Waals surface area (Å²) < 4.78 is 0. The molecule has 0 aromatic rings. The first-order valence-electron chi connectivity index (χ1n) is 5.28. The Morgan fingerprint density at radius 3 is 1.92 bits per heavy atom. The van der Waals surface area contributed by atoms with E-state index in [0.717, 1.165) is 5.92 Å². The van der Waals surface area contributed by atoms with Crippen LogP contribution in [0.4, 0.5) is 0 Å². The van der Waals surface area contributed by atoms with Crippen LogP contribution in [0, 0.1) is 5.92 Å². The first-order valence-corrected chi connectivity index (χ1v) is 5.28. The maximum Gasteiger partial charge on any atom is 0.00410 e. The number of nitrogens with one attached hydrogen (secondary N) is 1. The van der Waals surface area contributed by atoms with Crippen molar-refractivity contribution < 1.29 is 0 Å². The van der Waals surface area contributed by atoms with Gasteiger partial charge in [-0.25, -0.2) is 0 Å². The molecule has 0 fully saturated rings. The van der Waals surface area contributed by atoms with Crippen LogP contribution in [0.3, 0.4) is 0 Å². The zero-order chi connectivity index (χ0) is 9.56. The van der Waals surface area contributed by atoms with E-state index >= 15 is 0 Å². The van der Waals surface area contributed by atoms with Gasteiger partial charge in [-0.3, -0.25) is 0 Å². The van der Waals surface area contributed by atoms with Crippen LogP contribution in [0.15, 0.2) is 0 Å². The summed E-state index contributed by atoms with van der Waals surface area (Å²) >= 11 is 0. The van der Waals surface area contributed by atoms with Crippen LogP contribution in [-0.2, 0) is 0 Å². The zero-order valence-electron chi connectivity index (χ0n) is 9.35. The van der Waals surface area contributed by atoms with Crippen LogP contribution in [0.5, 0.6) is 0 Å². The lowest BCUT2D eigenvalue weighted by molar-refractivity contribution is 0.430. The molecule has 0 aliphatic heterocycles. The molecule has 12 heavy (non-hydrogen) atoms. The van der Waals surface area contributed by atoms with Gasteiger partial charge in [0.25, 0.3) is 0 Å². The first kappa shape index (κ1) is 12.0. The summed E-state index contributed by atoms with van der Waals surface area (Å²) in [4.78, 5) is 0. The highest BCUT2D eigenvalue weighted by Crippen LogP contribution is 2.08. The van der Waals surface area contributed by atoms with Crippen molar-refractivity contribution in [1.82, 2.24) is 5.32 Å². The molecule has 0 heterocycles. The van der Waals surface area contributed by atoms with Gasteiger partial charge in [0.05, 0.1) is 0 Å². The van der Waals surface area contributed by atoms with E-state index in [-0.39, 0.29) is 0 Å². The molecule has 0 aromatic heterocycles. The molecule has 0 spiro atoms. The third-order valence-corrected chi connectivity index (χ3v) is 2.04. The van der Waals surface area contributed by atoms with E-state index in [1.807, 2.05) is 0 Å². The minimum absolute atomic E-state index is 0.624. The van der Waals surface area contributed by atoms with E-state index in [9.17, 15) is 0 Å². The number of hydrogen-bond donors (Lipinski definition) is 1. The Bertz CT molecular complexity index is 97.2. The van der Waals surface area contributed by atoms with E-state index in [0.29, 0.717) is 12.1 Å². The second-order valence-corrected chi connectivity index (χ2v) is 4.55. The standard InChI is InChI=1S/C11H25N/c1-9(2)7-6-8-11(5)12-10(3)4/h9-12H,6-8H2,1-5H3. The van der Waals surface area contributed by atoms with E-state index in [1.54, 1.807) is 0 Å². The van der Waals surface area contributed by atoms with Crippen LogP contribution >= 0.6 is 0 Å². The highest BCUT2D eigenvalue weighted by Gasteiger charge is 2.03. The maximum atomic E-state index is 3.52. The molecular formula is C11H25N. The summed E-state index contributed by atoms with van der Waals surface area (Å²) in [5.41, 5.74) is 0. The average Bonchev–Trinajstić information content (AvgIpc) is 1.84. The Hall–Kier alpha value is -0.0400. The third kappa shape index (κ3) is 8.06. The second kappa shape index (κ2) is 6.47. The Morgan fingerprint density at radius 1 is 0.917 bits per heavy atom. The highest BCUT2D eigenvalue weighted by molar-refractivity contribution is 4.63. The second-order valence-electron chi connectivity index (χ2n) is 4.55. The van der Waals surface area contributed by atoms with Crippen LogP contribution in [0.25, 0.3) is 0 Å². The van der Waals surface area contributed by atoms with E-state index in [2.05, 4.69) is 39.9 Å². The van der Waals surface area contributed by atoms with Gasteiger partial charge < -0.3 is 5.32 Å². The minimum atomic E-state index is 0.624. The van der Waals surface area contributed by atoms with Gasteiger partial charge in [-0.2, -0.15) is 0 Å². The van der Waals surface area contributed by atoms with Crippen molar-refractivity contribution in [2.45, 2.75) is 66.0 Å². The molecule has 1 N–H and O–H groups in total. The number of hydrogen-bond acceptors (Lipinski definition) is 1. The largest absolute Gasteiger partial charge is 0.312 e. The Kier molecular flexibility index (Phi) is 6.45. The SMILES string of the molecule is CC(C)CCCC(C)NC(C)C. The maximum absolute atomic E-state index is 3.52. The molecule has 1 unspecified atom stereocenters. The lowest BCUT2D eigenvalue weighted by atomic mass is 10.0. The molecule has 74 valence electrons. The van der Waals surface area contributed by atoms with Gasteiger partial charge in [-0.15, -0.1) is 0 Å². The fraction of sp³-hybridized carbons (Fsp3) is 1.00. The molecule has 0 saturated heterocycles. The van der Waals surface area contributed by atoms with Crippen molar-refractivity contribution in [3.63, 3.8) is 0 Å². The van der Waals surface area contributed by atoms with Crippen molar-refractivity contribution in [3.8, 4) is 0 Å². The molecular weight excluding hydrogens is 146 g/mol. The lowest BCUT2D eigenvalue weighted by Crippen LogP contribution is -2.32. The predicted molar refractivity (Wildman–Crippen MR) is 56.4 cm³/mol. The lowest BCUT2D eigenvalue weighted by Gasteiger charge is -2.16. The van der Waals surface area contributed by atoms with Crippen molar-refractivity contribution in [2.24, 2.45) is 5.92 Å². The Balaban J connectivity index is 3.25. The van der Waals surface area contributed by atoms with Crippen LogP contribution in [0.1, 0.15) is 53.9 Å². The average molecular weight is 171 g/mol. The molecule has 0 amide bonds. The van der Waals surface area contributed by atoms with Gasteiger partial charge in [0.15, 0.2) is 0 Å². The molecule has 0 aliphatic carbocycles. The fourth-order valence-corrected chi connectivity index (χ4v) is 1.48. The smallest absolute Gasteiger partial charge is 0.00410 e. The zero-order valence-corrected chi connectivity index (χ0v) is 9.35. The summed E-state index contributed by atoms with van der Waals surface area (Å²) in [5.74, 6) is 0.858. The van der Waals surface area contributed by atoms with E-state index < -0.39 is 0 Å². The third-order valence-electron chi connectivity index (χ3n) is 2.04. The van der Waals surface area contributed by atoms with Gasteiger partial charge in [0.1, 0.15) is 0 Å². The summed E-state index contributed by atoms with van der Waals surface area (Å²) in [7, 11) is 0. The first-order chi connectivity index (χ1) is 5.52. The Morgan fingerprint density at radius 2 is 1.50 bits per heavy atom. The summed E-state index contributed by atoms with van der Waals surface area (Å²) in [5, 5.41) is 3.52. The van der Waals surface area contributed by atoms with Gasteiger partial charge in [0.2, 0.25) is 0 Å². The minimum Gasteiger partial charge on any atom is -0.312 e. The van der Waals surface area contributed by atoms with Crippen molar-refractivity contribution >= 4 is 0 Å². The van der Waals surface area contributed by atoms with Gasteiger partial charge in [-0.1, -0.05) is 40.5 Å². The molecule has 0 rings (SSSR count). The summed E-state index contributed by atoms with van der Waals surface area (Å²) in [6, 6.07) is 1.31. The quantitative estimate of drug-likeness (QED) is 0.647. The van der Waals surface area contributed by atoms with Crippen LogP contribution < -0.4 is 5.32 Å². The molecule has 0 radical (unpaired) electrons. The molecule has 1 atom stereocenters. The monoisotopic (exact) mass is 171 g/mol. The number of rotatable bonds is 6.